The van der Waals surface area contributed by atoms with Gasteiger partial charge in [-0.3, -0.25) is 4.90 Å². The Morgan fingerprint density at radius 3 is 2.63 bits per heavy atom. The Morgan fingerprint density at radius 1 is 1.32 bits per heavy atom. The van der Waals surface area contributed by atoms with Gasteiger partial charge in [0, 0.05) is 45.4 Å². The van der Waals surface area contributed by atoms with E-state index in [2.05, 4.69) is 37.9 Å². The van der Waals surface area contributed by atoms with Crippen LogP contribution in [0.25, 0.3) is 0 Å². The number of piperazine rings is 1. The molecule has 1 rings (SSSR count). The number of ether oxygens (including phenoxy) is 1. The summed E-state index contributed by atoms with van der Waals surface area (Å²) < 4.78 is 5.20. The monoisotopic (exact) mass is 270 g/mol. The predicted molar refractivity (Wildman–Crippen MR) is 82.6 cm³/mol. The van der Waals surface area contributed by atoms with Crippen molar-refractivity contribution in [3.8, 4) is 0 Å². The van der Waals surface area contributed by atoms with Crippen LogP contribution >= 0.6 is 0 Å². The van der Waals surface area contributed by atoms with E-state index in [0.717, 1.165) is 31.4 Å². The van der Waals surface area contributed by atoms with Gasteiger partial charge in [-0.2, -0.15) is 0 Å². The molecular weight excluding hydrogens is 236 g/mol. The average Bonchev–Trinajstić information content (AvgIpc) is 2.38. The Bertz CT molecular complexity index is 233. The minimum atomic E-state index is 0.669. The first-order valence-electron chi connectivity index (χ1n) is 8.04. The number of hydrogen-bond donors (Lipinski definition) is 1. The second-order valence-electron chi connectivity index (χ2n) is 6.53. The van der Waals surface area contributed by atoms with Crippen LogP contribution < -0.4 is 5.32 Å². The maximum atomic E-state index is 5.20. The number of methoxy groups -OCH3 is 1. The fourth-order valence-corrected chi connectivity index (χ4v) is 3.13. The molecule has 1 saturated heterocycles. The molecule has 3 unspecified atom stereocenters. The van der Waals surface area contributed by atoms with Crippen LogP contribution in [0.3, 0.4) is 0 Å². The molecule has 1 aliphatic heterocycles. The lowest BCUT2D eigenvalue weighted by Gasteiger charge is -2.43. The first-order valence-corrected chi connectivity index (χ1v) is 8.04. The van der Waals surface area contributed by atoms with E-state index in [9.17, 15) is 0 Å². The lowest BCUT2D eigenvalue weighted by Crippen LogP contribution is -2.58. The smallest absolute Gasteiger partial charge is 0.0474 e. The highest BCUT2D eigenvalue weighted by molar-refractivity contribution is 4.88. The first-order chi connectivity index (χ1) is 9.08. The van der Waals surface area contributed by atoms with E-state index < -0.39 is 0 Å². The summed E-state index contributed by atoms with van der Waals surface area (Å²) in [4.78, 5) is 2.71. The van der Waals surface area contributed by atoms with Crippen molar-refractivity contribution in [1.29, 1.82) is 0 Å². The second-order valence-corrected chi connectivity index (χ2v) is 6.53. The van der Waals surface area contributed by atoms with Gasteiger partial charge in [0.15, 0.2) is 0 Å². The number of rotatable bonds is 8. The van der Waals surface area contributed by atoms with Crippen LogP contribution in [0, 0.1) is 11.8 Å². The number of nitrogens with one attached hydrogen (secondary N) is 1. The lowest BCUT2D eigenvalue weighted by molar-refractivity contribution is 0.0746. The summed E-state index contributed by atoms with van der Waals surface area (Å²) in [5, 5.41) is 3.76. The van der Waals surface area contributed by atoms with Gasteiger partial charge in [-0.05, 0) is 24.7 Å². The standard InChI is InChI=1S/C16H34N2O/c1-6-14(4)16-11-17-15(10-13(2)3)12-18(16)8-7-9-19-5/h13-17H,6-12H2,1-5H3. The van der Waals surface area contributed by atoms with Crippen LogP contribution in [-0.4, -0.2) is 50.3 Å². The van der Waals surface area contributed by atoms with E-state index in [1.54, 1.807) is 7.11 Å². The zero-order valence-electron chi connectivity index (χ0n) is 13.6. The molecule has 0 radical (unpaired) electrons. The summed E-state index contributed by atoms with van der Waals surface area (Å²) in [5.41, 5.74) is 0. The first kappa shape index (κ1) is 16.9. The van der Waals surface area contributed by atoms with Gasteiger partial charge in [0.25, 0.3) is 0 Å². The molecule has 0 spiro atoms. The quantitative estimate of drug-likeness (QED) is 0.686. The Hall–Kier alpha value is -0.120. The van der Waals surface area contributed by atoms with Crippen molar-refractivity contribution in [2.24, 2.45) is 11.8 Å². The summed E-state index contributed by atoms with van der Waals surface area (Å²) in [5.74, 6) is 1.55. The molecule has 1 N–H and O–H groups in total. The number of hydrogen-bond acceptors (Lipinski definition) is 3. The van der Waals surface area contributed by atoms with Crippen LogP contribution in [0.2, 0.25) is 0 Å². The van der Waals surface area contributed by atoms with Crippen molar-refractivity contribution in [1.82, 2.24) is 10.2 Å². The zero-order chi connectivity index (χ0) is 14.3. The van der Waals surface area contributed by atoms with Crippen LogP contribution in [0.1, 0.15) is 47.0 Å². The molecule has 19 heavy (non-hydrogen) atoms. The van der Waals surface area contributed by atoms with Gasteiger partial charge >= 0.3 is 0 Å². The molecule has 1 aliphatic rings. The average molecular weight is 270 g/mol. The third-order valence-electron chi connectivity index (χ3n) is 4.39. The predicted octanol–water partition coefficient (Wildman–Crippen LogP) is 2.76. The molecule has 1 heterocycles. The summed E-state index contributed by atoms with van der Waals surface area (Å²) in [7, 11) is 1.80. The highest BCUT2D eigenvalue weighted by Crippen LogP contribution is 2.20. The lowest BCUT2D eigenvalue weighted by atomic mass is 9.92. The van der Waals surface area contributed by atoms with Gasteiger partial charge < -0.3 is 10.1 Å². The van der Waals surface area contributed by atoms with Crippen LogP contribution in [0.15, 0.2) is 0 Å². The SMILES string of the molecule is CCC(C)C1CNC(CC(C)C)CN1CCCOC. The Balaban J connectivity index is 2.52. The van der Waals surface area contributed by atoms with Crippen LogP contribution in [-0.2, 0) is 4.74 Å². The number of nitrogens with zero attached hydrogens (tertiary/aromatic N) is 1. The van der Waals surface area contributed by atoms with Gasteiger partial charge in [0.1, 0.15) is 0 Å². The topological polar surface area (TPSA) is 24.5 Å². The molecule has 3 nitrogen and oxygen atoms in total. The van der Waals surface area contributed by atoms with Gasteiger partial charge in [0.2, 0.25) is 0 Å². The summed E-state index contributed by atoms with van der Waals surface area (Å²) in [6.07, 6.45) is 3.70. The van der Waals surface area contributed by atoms with Gasteiger partial charge in [0.05, 0.1) is 0 Å². The molecule has 0 amide bonds. The molecule has 0 aromatic heterocycles. The molecule has 1 fully saturated rings. The van der Waals surface area contributed by atoms with E-state index in [-0.39, 0.29) is 0 Å². The molecule has 3 atom stereocenters. The summed E-state index contributed by atoms with van der Waals surface area (Å²) >= 11 is 0. The van der Waals surface area contributed by atoms with Gasteiger partial charge in [-0.25, -0.2) is 0 Å². The largest absolute Gasteiger partial charge is 0.385 e. The van der Waals surface area contributed by atoms with Crippen molar-refractivity contribution >= 4 is 0 Å². The zero-order valence-corrected chi connectivity index (χ0v) is 13.6. The maximum Gasteiger partial charge on any atom is 0.0474 e. The highest BCUT2D eigenvalue weighted by Gasteiger charge is 2.30. The van der Waals surface area contributed by atoms with E-state index >= 15 is 0 Å². The second kappa shape index (κ2) is 8.93. The van der Waals surface area contributed by atoms with Crippen molar-refractivity contribution in [3.05, 3.63) is 0 Å². The van der Waals surface area contributed by atoms with E-state index in [1.807, 2.05) is 0 Å². The van der Waals surface area contributed by atoms with Crippen molar-refractivity contribution in [2.45, 2.75) is 59.0 Å². The van der Waals surface area contributed by atoms with Crippen LogP contribution in [0.4, 0.5) is 0 Å². The van der Waals surface area contributed by atoms with E-state index in [4.69, 9.17) is 4.74 Å². The van der Waals surface area contributed by atoms with Gasteiger partial charge in [-0.15, -0.1) is 0 Å². The third kappa shape index (κ3) is 5.80. The fourth-order valence-electron chi connectivity index (χ4n) is 3.13. The molecule has 0 bridgehead atoms. The van der Waals surface area contributed by atoms with Crippen LogP contribution in [0.5, 0.6) is 0 Å². The minimum Gasteiger partial charge on any atom is -0.385 e. The normalized spacial score (nSPS) is 26.8. The van der Waals surface area contributed by atoms with Crippen molar-refractivity contribution in [3.63, 3.8) is 0 Å². The Kier molecular flexibility index (Phi) is 7.96. The molecule has 0 aromatic carbocycles. The van der Waals surface area contributed by atoms with Gasteiger partial charge in [-0.1, -0.05) is 34.1 Å². The third-order valence-corrected chi connectivity index (χ3v) is 4.39. The minimum absolute atomic E-state index is 0.669. The molecule has 3 heteroatoms. The summed E-state index contributed by atoms with van der Waals surface area (Å²) in [6, 6.07) is 1.37. The molecule has 114 valence electrons. The Morgan fingerprint density at radius 2 is 2.05 bits per heavy atom. The van der Waals surface area contributed by atoms with Crippen molar-refractivity contribution < 1.29 is 4.74 Å². The molecule has 0 aromatic rings. The fraction of sp³-hybridized carbons (Fsp3) is 1.00. The molecular formula is C16H34N2O. The molecule has 0 saturated carbocycles. The van der Waals surface area contributed by atoms with Crippen molar-refractivity contribution in [2.75, 3.05) is 33.4 Å². The molecule has 0 aliphatic carbocycles. The summed E-state index contributed by atoms with van der Waals surface area (Å²) in [6.45, 7) is 13.7. The maximum absolute atomic E-state index is 5.20. The Labute approximate surface area is 120 Å². The highest BCUT2D eigenvalue weighted by atomic mass is 16.5. The van der Waals surface area contributed by atoms with E-state index in [1.165, 1.54) is 25.9 Å². The van der Waals surface area contributed by atoms with E-state index in [0.29, 0.717) is 12.1 Å².